The van der Waals surface area contributed by atoms with Crippen molar-refractivity contribution in [3.05, 3.63) is 60.2 Å². The molecule has 0 amide bonds. The molecular weight excluding hydrogens is 370 g/mol. The zero-order valence-corrected chi connectivity index (χ0v) is 16.7. The van der Waals surface area contributed by atoms with E-state index >= 15 is 0 Å². The fourth-order valence-electron chi connectivity index (χ4n) is 3.85. The zero-order chi connectivity index (χ0) is 19.1. The molecule has 1 aliphatic rings. The molecule has 4 aromatic rings. The largest absolute Gasteiger partial charge is 0.379 e. The van der Waals surface area contributed by atoms with Gasteiger partial charge in [0.05, 0.1) is 18.3 Å². The molecular formula is C22H21N3O2S. The van der Waals surface area contributed by atoms with E-state index in [0.29, 0.717) is 6.04 Å². The first kappa shape index (κ1) is 17.5. The number of aromatic nitrogens is 3. The quantitative estimate of drug-likeness (QED) is 0.465. The first-order valence-corrected chi connectivity index (χ1v) is 10.3. The van der Waals surface area contributed by atoms with Crippen molar-refractivity contribution in [2.75, 3.05) is 13.2 Å². The standard InChI is InChI=1S/C22H21N3O2S/c1-14-21(15(2)27-24-14)16-10-19-20(28-18-6-4-3-5-7-18)12-25(22(19)23-11-16)17-8-9-26-13-17/h3-7,10-12,17H,8-9,13H2,1-2H3. The van der Waals surface area contributed by atoms with E-state index in [1.54, 1.807) is 11.8 Å². The number of hydrogen-bond donors (Lipinski definition) is 0. The Bertz CT molecular complexity index is 1110. The van der Waals surface area contributed by atoms with Crippen LogP contribution in [0.5, 0.6) is 0 Å². The topological polar surface area (TPSA) is 53.1 Å². The Morgan fingerprint density at radius 1 is 1.18 bits per heavy atom. The van der Waals surface area contributed by atoms with Crippen LogP contribution in [0.4, 0.5) is 0 Å². The van der Waals surface area contributed by atoms with Crippen LogP contribution in [0.25, 0.3) is 22.2 Å². The van der Waals surface area contributed by atoms with Gasteiger partial charge in [0.15, 0.2) is 0 Å². The van der Waals surface area contributed by atoms with Gasteiger partial charge in [-0.05, 0) is 38.5 Å². The molecule has 1 aromatic carbocycles. The van der Waals surface area contributed by atoms with Gasteiger partial charge in [-0.1, -0.05) is 35.1 Å². The van der Waals surface area contributed by atoms with Crippen LogP contribution in [-0.2, 0) is 4.74 Å². The number of rotatable bonds is 4. The van der Waals surface area contributed by atoms with Crippen molar-refractivity contribution in [2.24, 2.45) is 0 Å². The molecule has 1 saturated heterocycles. The lowest BCUT2D eigenvalue weighted by Gasteiger charge is -2.11. The normalized spacial score (nSPS) is 16.9. The highest BCUT2D eigenvalue weighted by Gasteiger charge is 2.23. The third kappa shape index (κ3) is 3.02. The van der Waals surface area contributed by atoms with Crippen molar-refractivity contribution in [3.8, 4) is 11.1 Å². The predicted molar refractivity (Wildman–Crippen MR) is 110 cm³/mol. The highest BCUT2D eigenvalue weighted by atomic mass is 32.2. The van der Waals surface area contributed by atoms with Gasteiger partial charge in [-0.2, -0.15) is 0 Å². The summed E-state index contributed by atoms with van der Waals surface area (Å²) in [7, 11) is 0. The van der Waals surface area contributed by atoms with Crippen LogP contribution in [0.1, 0.15) is 23.9 Å². The van der Waals surface area contributed by atoms with Crippen LogP contribution in [-0.4, -0.2) is 27.9 Å². The van der Waals surface area contributed by atoms with E-state index in [1.807, 2.05) is 26.1 Å². The van der Waals surface area contributed by atoms with Crippen LogP contribution in [0.3, 0.4) is 0 Å². The van der Waals surface area contributed by atoms with Gasteiger partial charge in [0.1, 0.15) is 11.4 Å². The Morgan fingerprint density at radius 3 is 2.75 bits per heavy atom. The molecule has 0 bridgehead atoms. The van der Waals surface area contributed by atoms with Crippen LogP contribution >= 0.6 is 11.8 Å². The molecule has 4 heterocycles. The van der Waals surface area contributed by atoms with Crippen molar-refractivity contribution in [1.29, 1.82) is 0 Å². The molecule has 28 heavy (non-hydrogen) atoms. The van der Waals surface area contributed by atoms with Crippen LogP contribution in [0, 0.1) is 13.8 Å². The smallest absolute Gasteiger partial charge is 0.141 e. The molecule has 5 rings (SSSR count). The highest BCUT2D eigenvalue weighted by Crippen LogP contribution is 2.39. The Labute approximate surface area is 167 Å². The van der Waals surface area contributed by atoms with Gasteiger partial charge in [0.25, 0.3) is 0 Å². The van der Waals surface area contributed by atoms with Gasteiger partial charge < -0.3 is 13.8 Å². The molecule has 0 radical (unpaired) electrons. The maximum atomic E-state index is 5.63. The molecule has 6 heteroatoms. The second kappa shape index (κ2) is 7.11. The fraction of sp³-hybridized carbons (Fsp3) is 0.273. The first-order chi connectivity index (χ1) is 13.7. The van der Waals surface area contributed by atoms with Gasteiger partial charge in [-0.25, -0.2) is 4.98 Å². The Morgan fingerprint density at radius 2 is 2.04 bits per heavy atom. The Hall–Kier alpha value is -2.57. The maximum Gasteiger partial charge on any atom is 0.141 e. The monoisotopic (exact) mass is 391 g/mol. The molecule has 0 N–H and O–H groups in total. The van der Waals surface area contributed by atoms with Gasteiger partial charge in [-0.15, -0.1) is 0 Å². The summed E-state index contributed by atoms with van der Waals surface area (Å²) in [6.07, 6.45) is 5.18. The lowest BCUT2D eigenvalue weighted by Crippen LogP contribution is -2.07. The molecule has 3 aromatic heterocycles. The number of benzene rings is 1. The number of aryl methyl sites for hydroxylation is 2. The van der Waals surface area contributed by atoms with Crippen LogP contribution in [0.2, 0.25) is 0 Å². The Kier molecular flexibility index (Phi) is 4.45. The van der Waals surface area contributed by atoms with Crippen molar-refractivity contribution in [2.45, 2.75) is 36.1 Å². The van der Waals surface area contributed by atoms with E-state index in [0.717, 1.165) is 53.2 Å². The summed E-state index contributed by atoms with van der Waals surface area (Å²) in [5, 5.41) is 5.25. The molecule has 1 fully saturated rings. The number of nitrogens with zero attached hydrogens (tertiary/aromatic N) is 3. The van der Waals surface area contributed by atoms with Crippen LogP contribution in [0.15, 0.2) is 63.1 Å². The highest BCUT2D eigenvalue weighted by molar-refractivity contribution is 7.99. The van der Waals surface area contributed by atoms with E-state index in [-0.39, 0.29) is 0 Å². The SMILES string of the molecule is Cc1noc(C)c1-c1cnc2c(c1)c(Sc1ccccc1)cn2C1CCOC1. The van der Waals surface area contributed by atoms with E-state index in [4.69, 9.17) is 14.2 Å². The maximum absolute atomic E-state index is 5.63. The molecule has 0 aliphatic carbocycles. The molecule has 1 aliphatic heterocycles. The van der Waals surface area contributed by atoms with Crippen LogP contribution < -0.4 is 0 Å². The average Bonchev–Trinajstić information content (AvgIpc) is 3.43. The van der Waals surface area contributed by atoms with E-state index in [1.165, 1.54) is 9.79 Å². The van der Waals surface area contributed by atoms with Crippen molar-refractivity contribution < 1.29 is 9.26 Å². The summed E-state index contributed by atoms with van der Waals surface area (Å²) in [6.45, 7) is 5.46. The summed E-state index contributed by atoms with van der Waals surface area (Å²) < 4.78 is 13.3. The van der Waals surface area contributed by atoms with Gasteiger partial charge in [-0.3, -0.25) is 0 Å². The summed E-state index contributed by atoms with van der Waals surface area (Å²) in [6, 6.07) is 13.0. The zero-order valence-electron chi connectivity index (χ0n) is 15.9. The van der Waals surface area contributed by atoms with E-state index in [2.05, 4.69) is 46.3 Å². The second-order valence-corrected chi connectivity index (χ2v) is 8.24. The number of hydrogen-bond acceptors (Lipinski definition) is 5. The lowest BCUT2D eigenvalue weighted by atomic mass is 10.1. The molecule has 142 valence electrons. The minimum atomic E-state index is 0.338. The number of pyridine rings is 1. The third-order valence-corrected chi connectivity index (χ3v) is 6.28. The average molecular weight is 391 g/mol. The lowest BCUT2D eigenvalue weighted by molar-refractivity contribution is 0.187. The van der Waals surface area contributed by atoms with E-state index in [9.17, 15) is 0 Å². The summed E-state index contributed by atoms with van der Waals surface area (Å²) in [5.41, 5.74) is 3.96. The molecule has 1 unspecified atom stereocenters. The summed E-state index contributed by atoms with van der Waals surface area (Å²) in [5.74, 6) is 0.819. The summed E-state index contributed by atoms with van der Waals surface area (Å²) in [4.78, 5) is 7.27. The molecule has 1 atom stereocenters. The first-order valence-electron chi connectivity index (χ1n) is 9.45. The van der Waals surface area contributed by atoms with Gasteiger partial charge >= 0.3 is 0 Å². The van der Waals surface area contributed by atoms with Crippen molar-refractivity contribution in [1.82, 2.24) is 14.7 Å². The predicted octanol–water partition coefficient (Wildman–Crippen LogP) is 5.42. The number of fused-ring (bicyclic) bond motifs is 1. The molecule has 5 nitrogen and oxygen atoms in total. The van der Waals surface area contributed by atoms with Crippen molar-refractivity contribution in [3.63, 3.8) is 0 Å². The fourth-order valence-corrected chi connectivity index (χ4v) is 4.82. The summed E-state index contributed by atoms with van der Waals surface area (Å²) >= 11 is 1.77. The van der Waals surface area contributed by atoms with E-state index < -0.39 is 0 Å². The number of ether oxygens (including phenoxy) is 1. The minimum Gasteiger partial charge on any atom is -0.379 e. The second-order valence-electron chi connectivity index (χ2n) is 7.13. The van der Waals surface area contributed by atoms with Gasteiger partial charge in [0, 0.05) is 45.3 Å². The van der Waals surface area contributed by atoms with Gasteiger partial charge in [0.2, 0.25) is 0 Å². The van der Waals surface area contributed by atoms with Crippen molar-refractivity contribution >= 4 is 22.8 Å². The Balaban J connectivity index is 1.66. The minimum absolute atomic E-state index is 0.338. The third-order valence-electron chi connectivity index (χ3n) is 5.23. The molecule has 0 spiro atoms. The molecule has 0 saturated carbocycles.